The molecule has 0 saturated carbocycles. The first kappa shape index (κ1) is 21.7. The Labute approximate surface area is 168 Å². The first-order chi connectivity index (χ1) is 13.6. The largest absolute Gasteiger partial charge is 0.476 e. The van der Waals surface area contributed by atoms with E-state index in [1.54, 1.807) is 52.8 Å². The van der Waals surface area contributed by atoms with Gasteiger partial charge in [-0.1, -0.05) is 0 Å². The minimum atomic E-state index is -1.15. The van der Waals surface area contributed by atoms with Gasteiger partial charge in [0.25, 0.3) is 5.69 Å². The van der Waals surface area contributed by atoms with Crippen molar-refractivity contribution in [2.45, 2.75) is 40.2 Å². The predicted octanol–water partition coefficient (Wildman–Crippen LogP) is 4.60. The van der Waals surface area contributed by atoms with Crippen molar-refractivity contribution in [2.75, 3.05) is 6.61 Å². The molecule has 0 heterocycles. The Kier molecular flexibility index (Phi) is 6.44. The number of rotatable bonds is 7. The van der Waals surface area contributed by atoms with Crippen LogP contribution in [0, 0.1) is 35.3 Å². The highest BCUT2D eigenvalue weighted by Gasteiger charge is 2.32. The van der Waals surface area contributed by atoms with Crippen molar-refractivity contribution in [1.82, 2.24) is 0 Å². The molecular formula is C21H22N2O6. The highest BCUT2D eigenvalue weighted by molar-refractivity contribution is 5.79. The van der Waals surface area contributed by atoms with Crippen LogP contribution < -0.4 is 9.47 Å². The number of hydrogen-bond donors (Lipinski definition) is 0. The van der Waals surface area contributed by atoms with Gasteiger partial charge in [0.2, 0.25) is 0 Å². The quantitative estimate of drug-likeness (QED) is 0.381. The SMILES string of the molecule is CCOC(=O)C(C)(C)Oc1ccc(Oc2cc(C#N)c([N+](=O)[O-])cc2C)cc1C. The second kappa shape index (κ2) is 8.61. The van der Waals surface area contributed by atoms with Gasteiger partial charge in [-0.25, -0.2) is 4.79 Å². The molecule has 0 fully saturated rings. The summed E-state index contributed by atoms with van der Waals surface area (Å²) in [6.07, 6.45) is 0. The topological polar surface area (TPSA) is 112 Å². The summed E-state index contributed by atoms with van der Waals surface area (Å²) in [4.78, 5) is 22.5. The number of nitro benzene ring substituents is 1. The summed E-state index contributed by atoms with van der Waals surface area (Å²) < 4.78 is 16.6. The molecular weight excluding hydrogens is 376 g/mol. The second-order valence-electron chi connectivity index (χ2n) is 6.87. The average molecular weight is 398 g/mol. The maximum Gasteiger partial charge on any atom is 0.349 e. The van der Waals surface area contributed by atoms with Crippen molar-refractivity contribution in [3.63, 3.8) is 0 Å². The third kappa shape index (κ3) is 5.02. The fraction of sp³-hybridized carbons (Fsp3) is 0.333. The fourth-order valence-corrected chi connectivity index (χ4v) is 2.57. The molecule has 0 amide bonds. The smallest absolute Gasteiger partial charge is 0.349 e. The van der Waals surface area contributed by atoms with Crippen LogP contribution in [0.1, 0.15) is 37.5 Å². The van der Waals surface area contributed by atoms with Gasteiger partial charge in [0.15, 0.2) is 5.60 Å². The number of nitrogens with zero attached hydrogens (tertiary/aromatic N) is 2. The monoisotopic (exact) mass is 398 g/mol. The van der Waals surface area contributed by atoms with Gasteiger partial charge in [-0.2, -0.15) is 5.26 Å². The van der Waals surface area contributed by atoms with Gasteiger partial charge in [0, 0.05) is 12.1 Å². The predicted molar refractivity (Wildman–Crippen MR) is 105 cm³/mol. The summed E-state index contributed by atoms with van der Waals surface area (Å²) in [7, 11) is 0. The Morgan fingerprint density at radius 2 is 1.83 bits per heavy atom. The molecule has 0 atom stereocenters. The average Bonchev–Trinajstić information content (AvgIpc) is 2.65. The lowest BCUT2D eigenvalue weighted by atomic mass is 10.1. The van der Waals surface area contributed by atoms with E-state index in [9.17, 15) is 14.9 Å². The standard InChI is InChI=1S/C21H22N2O6/c1-6-27-20(24)21(4,5)29-18-8-7-16(9-13(18)2)28-19-11-15(12-22)17(23(25)26)10-14(19)3/h7-11H,6H2,1-5H3. The molecule has 2 rings (SSSR count). The van der Waals surface area contributed by atoms with Crippen LogP contribution in [0.2, 0.25) is 0 Å². The maximum atomic E-state index is 12.0. The summed E-state index contributed by atoms with van der Waals surface area (Å²) in [6, 6.07) is 9.49. The van der Waals surface area contributed by atoms with Crippen molar-refractivity contribution < 1.29 is 23.9 Å². The van der Waals surface area contributed by atoms with Crippen molar-refractivity contribution in [3.8, 4) is 23.3 Å². The van der Waals surface area contributed by atoms with Crippen molar-refractivity contribution in [2.24, 2.45) is 0 Å². The van der Waals surface area contributed by atoms with Crippen LogP contribution in [0.15, 0.2) is 30.3 Å². The Morgan fingerprint density at radius 3 is 2.38 bits per heavy atom. The number of nitriles is 1. The molecule has 0 aromatic heterocycles. The number of carbonyl (C=O) groups excluding carboxylic acids is 1. The number of nitro groups is 1. The lowest BCUT2D eigenvalue weighted by Crippen LogP contribution is -2.39. The van der Waals surface area contributed by atoms with Gasteiger partial charge < -0.3 is 14.2 Å². The van der Waals surface area contributed by atoms with Gasteiger partial charge in [-0.05, 0) is 63.9 Å². The zero-order valence-electron chi connectivity index (χ0n) is 16.9. The Bertz CT molecular complexity index is 991. The zero-order chi connectivity index (χ0) is 21.8. The van der Waals surface area contributed by atoms with Gasteiger partial charge in [0.1, 0.15) is 28.9 Å². The molecule has 0 radical (unpaired) electrons. The number of carbonyl (C=O) groups is 1. The Morgan fingerprint density at radius 1 is 1.17 bits per heavy atom. The molecule has 0 aliphatic rings. The van der Waals surface area contributed by atoms with Crippen molar-refractivity contribution >= 4 is 11.7 Å². The highest BCUT2D eigenvalue weighted by Crippen LogP contribution is 2.33. The van der Waals surface area contributed by atoms with E-state index >= 15 is 0 Å². The number of aryl methyl sites for hydroxylation is 2. The number of benzene rings is 2. The van der Waals surface area contributed by atoms with Crippen LogP contribution in [-0.2, 0) is 9.53 Å². The van der Waals surface area contributed by atoms with Crippen molar-refractivity contribution in [3.05, 3.63) is 57.1 Å². The minimum Gasteiger partial charge on any atom is -0.476 e. The third-order valence-corrected chi connectivity index (χ3v) is 4.12. The first-order valence-corrected chi connectivity index (χ1v) is 8.93. The third-order valence-electron chi connectivity index (χ3n) is 4.12. The van der Waals surface area contributed by atoms with Crippen LogP contribution in [0.4, 0.5) is 5.69 Å². The van der Waals surface area contributed by atoms with Gasteiger partial charge in [-0.15, -0.1) is 0 Å². The summed E-state index contributed by atoms with van der Waals surface area (Å²) in [5.74, 6) is 0.829. The zero-order valence-corrected chi connectivity index (χ0v) is 16.9. The van der Waals surface area contributed by atoms with E-state index in [0.717, 1.165) is 5.56 Å². The highest BCUT2D eigenvalue weighted by atomic mass is 16.6. The Balaban J connectivity index is 2.27. The van der Waals surface area contributed by atoms with E-state index in [1.807, 2.05) is 6.07 Å². The normalized spacial score (nSPS) is 10.8. The van der Waals surface area contributed by atoms with Crippen LogP contribution in [-0.4, -0.2) is 23.1 Å². The van der Waals surface area contributed by atoms with Crippen LogP contribution in [0.3, 0.4) is 0 Å². The molecule has 2 aromatic carbocycles. The van der Waals surface area contributed by atoms with Gasteiger partial charge >= 0.3 is 5.97 Å². The second-order valence-corrected chi connectivity index (χ2v) is 6.87. The number of ether oxygens (including phenoxy) is 3. The maximum absolute atomic E-state index is 12.0. The van der Waals surface area contributed by atoms with Gasteiger partial charge in [-0.3, -0.25) is 10.1 Å². The molecule has 0 saturated heterocycles. The van der Waals surface area contributed by atoms with E-state index in [2.05, 4.69) is 0 Å². The summed E-state index contributed by atoms with van der Waals surface area (Å²) in [5.41, 5.74) is -0.251. The molecule has 0 bridgehead atoms. The minimum absolute atomic E-state index is 0.0801. The number of hydrogen-bond acceptors (Lipinski definition) is 7. The van der Waals surface area contributed by atoms with E-state index in [0.29, 0.717) is 22.8 Å². The van der Waals surface area contributed by atoms with E-state index in [-0.39, 0.29) is 17.9 Å². The molecule has 8 heteroatoms. The molecule has 0 N–H and O–H groups in total. The molecule has 152 valence electrons. The molecule has 2 aromatic rings. The Hall–Kier alpha value is -3.60. The fourth-order valence-electron chi connectivity index (χ4n) is 2.57. The molecule has 0 spiro atoms. The summed E-state index contributed by atoms with van der Waals surface area (Å²) in [6.45, 7) is 8.69. The van der Waals surface area contributed by atoms with E-state index < -0.39 is 16.5 Å². The lowest BCUT2D eigenvalue weighted by molar-refractivity contribution is -0.385. The van der Waals surface area contributed by atoms with Gasteiger partial charge in [0.05, 0.1) is 11.5 Å². The molecule has 29 heavy (non-hydrogen) atoms. The lowest BCUT2D eigenvalue weighted by Gasteiger charge is -2.25. The molecule has 8 nitrogen and oxygen atoms in total. The van der Waals surface area contributed by atoms with E-state index in [4.69, 9.17) is 19.5 Å². The van der Waals surface area contributed by atoms with E-state index in [1.165, 1.54) is 12.1 Å². The summed E-state index contributed by atoms with van der Waals surface area (Å²) in [5, 5.41) is 20.2. The molecule has 0 aliphatic heterocycles. The molecule has 0 unspecified atom stereocenters. The number of esters is 1. The van der Waals surface area contributed by atoms with Crippen LogP contribution >= 0.6 is 0 Å². The van der Waals surface area contributed by atoms with Crippen LogP contribution in [0.25, 0.3) is 0 Å². The van der Waals surface area contributed by atoms with Crippen molar-refractivity contribution in [1.29, 1.82) is 5.26 Å². The molecule has 0 aliphatic carbocycles. The summed E-state index contributed by atoms with van der Waals surface area (Å²) >= 11 is 0. The first-order valence-electron chi connectivity index (χ1n) is 8.93. The van der Waals surface area contributed by atoms with Crippen LogP contribution in [0.5, 0.6) is 17.2 Å².